The first kappa shape index (κ1) is 19.7. The molecule has 0 aliphatic heterocycles. The highest BCUT2D eigenvalue weighted by atomic mass is 16.5. The van der Waals surface area contributed by atoms with E-state index in [9.17, 15) is 15.0 Å². The minimum Gasteiger partial charge on any atom is -0.455 e. The van der Waals surface area contributed by atoms with Crippen molar-refractivity contribution in [2.75, 3.05) is 0 Å². The van der Waals surface area contributed by atoms with Crippen molar-refractivity contribution in [3.05, 3.63) is 48.1 Å². The van der Waals surface area contributed by atoms with E-state index in [1.165, 1.54) is 6.08 Å². The maximum absolute atomic E-state index is 12.1. The Morgan fingerprint density at radius 3 is 2.84 bits per heavy atom. The topological polar surface area (TPSA) is 66.8 Å². The van der Waals surface area contributed by atoms with Crippen molar-refractivity contribution >= 4 is 5.97 Å². The van der Waals surface area contributed by atoms with Crippen molar-refractivity contribution in [3.63, 3.8) is 0 Å². The molecular weight excluding hydrogens is 316 g/mol. The highest BCUT2D eigenvalue weighted by molar-refractivity contribution is 5.82. The Hall–Kier alpha value is -1.65. The monoisotopic (exact) mass is 346 g/mol. The fraction of sp³-hybridized carbons (Fsp3) is 0.571. The number of aliphatic hydroxyl groups is 2. The Morgan fingerprint density at radius 1 is 1.44 bits per heavy atom. The molecule has 0 heterocycles. The maximum atomic E-state index is 12.1. The summed E-state index contributed by atoms with van der Waals surface area (Å²) >= 11 is 0. The number of ether oxygens (including phenoxy) is 1. The molecule has 0 aromatic rings. The predicted molar refractivity (Wildman–Crippen MR) is 98.7 cm³/mol. The molecule has 4 nitrogen and oxygen atoms in total. The highest BCUT2D eigenvalue weighted by Gasteiger charge is 2.46. The Bertz CT molecular complexity index is 601. The molecule has 2 aliphatic rings. The van der Waals surface area contributed by atoms with Crippen LogP contribution in [0.2, 0.25) is 0 Å². The van der Waals surface area contributed by atoms with Crippen LogP contribution in [-0.2, 0) is 9.53 Å². The average molecular weight is 346 g/mol. The van der Waals surface area contributed by atoms with Gasteiger partial charge in [-0.15, -0.1) is 0 Å². The van der Waals surface area contributed by atoms with Gasteiger partial charge in [0.2, 0.25) is 0 Å². The van der Waals surface area contributed by atoms with Crippen LogP contribution >= 0.6 is 0 Å². The van der Waals surface area contributed by atoms with Gasteiger partial charge in [0.05, 0.1) is 12.2 Å². The summed E-state index contributed by atoms with van der Waals surface area (Å²) in [4.78, 5) is 12.1. The molecule has 2 N–H and O–H groups in total. The number of hydrogen-bond acceptors (Lipinski definition) is 4. The van der Waals surface area contributed by atoms with Gasteiger partial charge >= 0.3 is 5.97 Å². The van der Waals surface area contributed by atoms with Gasteiger partial charge in [-0.3, -0.25) is 0 Å². The van der Waals surface area contributed by atoms with Gasteiger partial charge in [0.1, 0.15) is 6.10 Å². The summed E-state index contributed by atoms with van der Waals surface area (Å²) in [6, 6.07) is 0. The van der Waals surface area contributed by atoms with E-state index in [0.717, 1.165) is 12.0 Å². The summed E-state index contributed by atoms with van der Waals surface area (Å²) in [5.41, 5.74) is 0.676. The molecule has 2 rings (SSSR count). The molecule has 25 heavy (non-hydrogen) atoms. The summed E-state index contributed by atoms with van der Waals surface area (Å²) < 4.78 is 5.60. The Morgan fingerprint density at radius 2 is 2.16 bits per heavy atom. The van der Waals surface area contributed by atoms with Crippen LogP contribution in [0.4, 0.5) is 0 Å². The van der Waals surface area contributed by atoms with E-state index in [0.29, 0.717) is 12.3 Å². The zero-order valence-corrected chi connectivity index (χ0v) is 15.6. The van der Waals surface area contributed by atoms with Gasteiger partial charge in [-0.05, 0) is 30.1 Å². The number of carbonyl (C=O) groups excluding carboxylic acids is 1. The van der Waals surface area contributed by atoms with Crippen LogP contribution < -0.4 is 0 Å². The summed E-state index contributed by atoms with van der Waals surface area (Å²) in [7, 11) is 0. The van der Waals surface area contributed by atoms with E-state index in [1.54, 1.807) is 12.2 Å². The molecule has 0 amide bonds. The fourth-order valence-corrected chi connectivity index (χ4v) is 3.42. The number of esters is 1. The summed E-state index contributed by atoms with van der Waals surface area (Å²) in [5, 5.41) is 19.9. The van der Waals surface area contributed by atoms with Crippen LogP contribution in [0.25, 0.3) is 0 Å². The van der Waals surface area contributed by atoms with Crippen LogP contribution in [0.5, 0.6) is 0 Å². The van der Waals surface area contributed by atoms with Gasteiger partial charge in [-0.1, -0.05) is 58.4 Å². The SMILES string of the molecule is CC[C@H](C)/C=C/C=C/C(=O)O[C@H]1C=CC2=C[C@@H](O)[C@@H](O)C[C@]2(C)[C@H]1C. The third kappa shape index (κ3) is 4.50. The standard InChI is InChI=1S/C21H30O4/c1-5-14(2)8-6-7-9-20(24)25-19-11-10-16-12-17(22)18(23)13-21(16,4)15(19)3/h6-12,14-15,17-19,22-23H,5,13H2,1-4H3/b8-6+,9-7+/t14-,15-,17+,18-,19-,21+/m0/s1. The van der Waals surface area contributed by atoms with Gasteiger partial charge in [0.15, 0.2) is 0 Å². The second-order valence-electron chi connectivity index (χ2n) is 7.48. The molecule has 0 unspecified atom stereocenters. The predicted octanol–water partition coefficient (Wildman–Crippen LogP) is 3.32. The van der Waals surface area contributed by atoms with E-state index >= 15 is 0 Å². The lowest BCUT2D eigenvalue weighted by Gasteiger charge is -2.47. The van der Waals surface area contributed by atoms with Crippen molar-refractivity contribution < 1.29 is 19.7 Å². The van der Waals surface area contributed by atoms with Crippen LogP contribution in [0.1, 0.15) is 40.5 Å². The van der Waals surface area contributed by atoms with E-state index in [4.69, 9.17) is 4.74 Å². The van der Waals surface area contributed by atoms with E-state index < -0.39 is 12.2 Å². The van der Waals surface area contributed by atoms with Crippen molar-refractivity contribution in [2.24, 2.45) is 17.3 Å². The molecule has 138 valence electrons. The zero-order chi connectivity index (χ0) is 18.6. The van der Waals surface area contributed by atoms with Crippen molar-refractivity contribution in [1.29, 1.82) is 0 Å². The first-order valence-electron chi connectivity index (χ1n) is 9.10. The van der Waals surface area contributed by atoms with Gasteiger partial charge in [-0.25, -0.2) is 4.79 Å². The number of carbonyl (C=O) groups is 1. The molecule has 0 saturated carbocycles. The lowest BCUT2D eigenvalue weighted by atomic mass is 9.61. The molecule has 0 bridgehead atoms. The molecule has 0 aromatic carbocycles. The molecule has 0 fully saturated rings. The first-order valence-corrected chi connectivity index (χ1v) is 9.10. The zero-order valence-electron chi connectivity index (χ0n) is 15.6. The number of hydrogen-bond donors (Lipinski definition) is 2. The third-order valence-corrected chi connectivity index (χ3v) is 5.68. The summed E-state index contributed by atoms with van der Waals surface area (Å²) in [5.74, 6) is 0.127. The lowest BCUT2D eigenvalue weighted by Crippen LogP contribution is -2.46. The van der Waals surface area contributed by atoms with Crippen molar-refractivity contribution in [1.82, 2.24) is 0 Å². The summed E-state index contributed by atoms with van der Waals surface area (Å²) in [6.07, 6.45) is 12.1. The molecule has 6 atom stereocenters. The molecule has 0 spiro atoms. The van der Waals surface area contributed by atoms with Crippen molar-refractivity contribution in [3.8, 4) is 0 Å². The number of rotatable bonds is 5. The van der Waals surface area contributed by atoms with E-state index in [1.807, 2.05) is 32.1 Å². The van der Waals surface area contributed by atoms with Crippen LogP contribution in [0, 0.1) is 17.3 Å². The van der Waals surface area contributed by atoms with Gasteiger partial charge in [-0.2, -0.15) is 0 Å². The van der Waals surface area contributed by atoms with Gasteiger partial charge in [0, 0.05) is 17.4 Å². The average Bonchev–Trinajstić information content (AvgIpc) is 2.57. The normalized spacial score (nSPS) is 36.3. The number of fused-ring (bicyclic) bond motifs is 1. The fourth-order valence-electron chi connectivity index (χ4n) is 3.42. The lowest BCUT2D eigenvalue weighted by molar-refractivity contribution is -0.145. The smallest absolute Gasteiger partial charge is 0.331 e. The molecule has 4 heteroatoms. The van der Waals surface area contributed by atoms with Gasteiger partial charge in [0.25, 0.3) is 0 Å². The maximum Gasteiger partial charge on any atom is 0.331 e. The molecule has 0 radical (unpaired) electrons. The summed E-state index contributed by atoms with van der Waals surface area (Å²) in [6.45, 7) is 8.31. The quantitative estimate of drug-likeness (QED) is 0.455. The minimum atomic E-state index is -0.834. The Kier molecular flexibility index (Phi) is 6.42. The van der Waals surface area contributed by atoms with Crippen molar-refractivity contribution in [2.45, 2.75) is 58.8 Å². The van der Waals surface area contributed by atoms with E-state index in [2.05, 4.69) is 19.9 Å². The Balaban J connectivity index is 2.03. The minimum absolute atomic E-state index is 0.0129. The van der Waals surface area contributed by atoms with Crippen LogP contribution in [0.3, 0.4) is 0 Å². The second kappa shape index (κ2) is 8.15. The first-order chi connectivity index (χ1) is 11.8. The molecular formula is C21H30O4. The molecule has 0 saturated heterocycles. The van der Waals surface area contributed by atoms with E-state index in [-0.39, 0.29) is 23.4 Å². The Labute approximate surface area is 150 Å². The number of aliphatic hydroxyl groups excluding tert-OH is 2. The van der Waals surface area contributed by atoms with Crippen LogP contribution in [0.15, 0.2) is 48.1 Å². The van der Waals surface area contributed by atoms with Crippen LogP contribution in [-0.4, -0.2) is 34.5 Å². The third-order valence-electron chi connectivity index (χ3n) is 5.68. The second-order valence-corrected chi connectivity index (χ2v) is 7.48. The molecule has 2 aliphatic carbocycles. The highest BCUT2D eigenvalue weighted by Crippen LogP contribution is 2.48. The van der Waals surface area contributed by atoms with Gasteiger partial charge < -0.3 is 14.9 Å². The largest absolute Gasteiger partial charge is 0.455 e. The molecule has 0 aromatic heterocycles. The number of allylic oxidation sites excluding steroid dienone is 5.